The van der Waals surface area contributed by atoms with Crippen LogP contribution < -0.4 is 15.0 Å². The topological polar surface area (TPSA) is 96.5 Å². The first-order valence-corrected chi connectivity index (χ1v) is 9.06. The predicted octanol–water partition coefficient (Wildman–Crippen LogP) is 1.41. The Morgan fingerprint density at radius 1 is 1.41 bits per heavy atom. The highest BCUT2D eigenvalue weighted by molar-refractivity contribution is 6.03. The van der Waals surface area contributed by atoms with E-state index < -0.39 is 6.04 Å². The number of H-pyrrole nitrogens is 1. The standard InChI is InChI=1S/C19H22N4O4/c1-3-11-8-12-13(9-26-11)21-22-17(12)18(24)20-14-10-27-16-7-5-4-6-15(16)23(2)19(14)25/h4-7,11,14H,3,8-10H2,1-2H3,(H,20,24)(H,21,22)/t11?,14-/m0/s1. The van der Waals surface area contributed by atoms with E-state index >= 15 is 0 Å². The highest BCUT2D eigenvalue weighted by atomic mass is 16.5. The van der Waals surface area contributed by atoms with Gasteiger partial charge >= 0.3 is 0 Å². The third-order valence-electron chi connectivity index (χ3n) is 5.08. The number of carbonyl (C=O) groups excluding carboxylic acids is 2. The fourth-order valence-electron chi connectivity index (χ4n) is 3.46. The van der Waals surface area contributed by atoms with Crippen molar-refractivity contribution < 1.29 is 19.1 Å². The van der Waals surface area contributed by atoms with Crippen LogP contribution >= 0.6 is 0 Å². The molecule has 142 valence electrons. The Bertz CT molecular complexity index is 878. The second kappa shape index (κ2) is 7.03. The summed E-state index contributed by atoms with van der Waals surface area (Å²) in [5.41, 5.74) is 2.69. The van der Waals surface area contributed by atoms with Gasteiger partial charge in [-0.05, 0) is 18.6 Å². The van der Waals surface area contributed by atoms with E-state index in [1.54, 1.807) is 13.1 Å². The number of nitrogens with one attached hydrogen (secondary N) is 2. The maximum Gasteiger partial charge on any atom is 0.272 e. The Labute approximate surface area is 156 Å². The van der Waals surface area contributed by atoms with Crippen molar-refractivity contribution in [3.8, 4) is 5.75 Å². The highest BCUT2D eigenvalue weighted by Crippen LogP contribution is 2.30. The fraction of sp³-hybridized carbons (Fsp3) is 0.421. The fourth-order valence-corrected chi connectivity index (χ4v) is 3.46. The first kappa shape index (κ1) is 17.5. The van der Waals surface area contributed by atoms with Gasteiger partial charge in [0.05, 0.1) is 24.1 Å². The van der Waals surface area contributed by atoms with Crippen molar-refractivity contribution in [1.29, 1.82) is 0 Å². The number of likely N-dealkylation sites (N-methyl/N-ethyl adjacent to an activating group) is 1. The molecule has 8 nitrogen and oxygen atoms in total. The summed E-state index contributed by atoms with van der Waals surface area (Å²) >= 11 is 0. The van der Waals surface area contributed by atoms with Gasteiger partial charge in [0, 0.05) is 19.0 Å². The first-order valence-electron chi connectivity index (χ1n) is 9.06. The number of para-hydroxylation sites is 2. The number of nitrogens with zero attached hydrogens (tertiary/aromatic N) is 2. The minimum absolute atomic E-state index is 0.0687. The normalized spacial score (nSPS) is 21.7. The smallest absolute Gasteiger partial charge is 0.272 e. The van der Waals surface area contributed by atoms with Crippen LogP contribution in [0, 0.1) is 0 Å². The van der Waals surface area contributed by atoms with Crippen LogP contribution in [0.15, 0.2) is 24.3 Å². The molecule has 3 heterocycles. The van der Waals surface area contributed by atoms with Crippen LogP contribution in [0.2, 0.25) is 0 Å². The number of aromatic amines is 1. The lowest BCUT2D eigenvalue weighted by Crippen LogP contribution is -2.49. The van der Waals surface area contributed by atoms with Crippen LogP contribution in [0.5, 0.6) is 5.75 Å². The molecule has 0 saturated heterocycles. The van der Waals surface area contributed by atoms with E-state index in [2.05, 4.69) is 15.5 Å². The van der Waals surface area contributed by atoms with E-state index in [4.69, 9.17) is 9.47 Å². The molecule has 1 aromatic carbocycles. The molecule has 2 N–H and O–H groups in total. The zero-order chi connectivity index (χ0) is 19.0. The van der Waals surface area contributed by atoms with E-state index in [1.165, 1.54) is 4.90 Å². The molecule has 4 rings (SSSR count). The largest absolute Gasteiger partial charge is 0.489 e. The van der Waals surface area contributed by atoms with Crippen molar-refractivity contribution >= 4 is 17.5 Å². The number of hydrogen-bond acceptors (Lipinski definition) is 5. The van der Waals surface area contributed by atoms with E-state index in [0.717, 1.165) is 17.7 Å². The molecule has 8 heteroatoms. The number of rotatable bonds is 3. The highest BCUT2D eigenvalue weighted by Gasteiger charge is 2.33. The van der Waals surface area contributed by atoms with Gasteiger partial charge in [0.15, 0.2) is 5.69 Å². The zero-order valence-electron chi connectivity index (χ0n) is 15.3. The first-order chi connectivity index (χ1) is 13.1. The minimum Gasteiger partial charge on any atom is -0.489 e. The third kappa shape index (κ3) is 3.16. The number of carbonyl (C=O) groups is 2. The Hall–Kier alpha value is -2.87. The van der Waals surface area contributed by atoms with Gasteiger partial charge in [-0.2, -0.15) is 5.10 Å². The molecule has 0 fully saturated rings. The van der Waals surface area contributed by atoms with Gasteiger partial charge in [-0.15, -0.1) is 0 Å². The number of ether oxygens (including phenoxy) is 2. The molecule has 2 atom stereocenters. The molecule has 2 aliphatic rings. The summed E-state index contributed by atoms with van der Waals surface area (Å²) in [6, 6.07) is 6.51. The van der Waals surface area contributed by atoms with Crippen molar-refractivity contribution in [2.45, 2.75) is 38.5 Å². The molecule has 0 aliphatic carbocycles. The predicted molar refractivity (Wildman–Crippen MR) is 97.8 cm³/mol. The summed E-state index contributed by atoms with van der Waals surface area (Å²) in [5.74, 6) is 0.00298. The van der Waals surface area contributed by atoms with Crippen molar-refractivity contribution in [2.75, 3.05) is 18.6 Å². The van der Waals surface area contributed by atoms with E-state index in [9.17, 15) is 9.59 Å². The van der Waals surface area contributed by atoms with Gasteiger partial charge in [0.1, 0.15) is 18.4 Å². The minimum atomic E-state index is -0.788. The number of aromatic nitrogens is 2. The summed E-state index contributed by atoms with van der Waals surface area (Å²) in [6.07, 6.45) is 1.57. The van der Waals surface area contributed by atoms with E-state index in [-0.39, 0.29) is 24.5 Å². The average Bonchev–Trinajstić information content (AvgIpc) is 3.08. The molecule has 0 spiro atoms. The SMILES string of the molecule is CCC1Cc2c(C(=O)N[C@H]3COc4ccccc4N(C)C3=O)n[nH]c2CO1. The summed E-state index contributed by atoms with van der Waals surface area (Å²) in [5, 5.41) is 9.81. The van der Waals surface area contributed by atoms with Crippen molar-refractivity contribution in [3.05, 3.63) is 41.2 Å². The van der Waals surface area contributed by atoms with Crippen LogP contribution in [0.1, 0.15) is 35.1 Å². The summed E-state index contributed by atoms with van der Waals surface area (Å²) in [4.78, 5) is 27.1. The lowest BCUT2D eigenvalue weighted by atomic mass is 10.0. The zero-order valence-corrected chi connectivity index (χ0v) is 15.3. The Balaban J connectivity index is 1.53. The van der Waals surface area contributed by atoms with Gasteiger partial charge in [0.2, 0.25) is 0 Å². The lowest BCUT2D eigenvalue weighted by molar-refractivity contribution is -0.120. The average molecular weight is 370 g/mol. The lowest BCUT2D eigenvalue weighted by Gasteiger charge is -2.22. The van der Waals surface area contributed by atoms with Gasteiger partial charge in [-0.3, -0.25) is 14.7 Å². The van der Waals surface area contributed by atoms with Crippen molar-refractivity contribution in [1.82, 2.24) is 15.5 Å². The quantitative estimate of drug-likeness (QED) is 0.852. The summed E-state index contributed by atoms with van der Waals surface area (Å²) in [6.45, 7) is 2.53. The van der Waals surface area contributed by atoms with Crippen LogP contribution in [0.4, 0.5) is 5.69 Å². The summed E-state index contributed by atoms with van der Waals surface area (Å²) < 4.78 is 11.4. The van der Waals surface area contributed by atoms with Crippen LogP contribution in [0.3, 0.4) is 0 Å². The Morgan fingerprint density at radius 2 is 2.22 bits per heavy atom. The molecular formula is C19H22N4O4. The molecule has 0 radical (unpaired) electrons. The maximum absolute atomic E-state index is 12.8. The van der Waals surface area contributed by atoms with E-state index in [0.29, 0.717) is 30.2 Å². The van der Waals surface area contributed by atoms with Gasteiger partial charge in [-0.1, -0.05) is 19.1 Å². The summed E-state index contributed by atoms with van der Waals surface area (Å²) in [7, 11) is 1.68. The number of benzene rings is 1. The molecule has 1 aromatic heterocycles. The third-order valence-corrected chi connectivity index (χ3v) is 5.08. The molecule has 27 heavy (non-hydrogen) atoms. The van der Waals surface area contributed by atoms with Crippen molar-refractivity contribution in [3.63, 3.8) is 0 Å². The molecule has 1 unspecified atom stereocenters. The monoisotopic (exact) mass is 370 g/mol. The second-order valence-electron chi connectivity index (χ2n) is 6.78. The number of anilines is 1. The Morgan fingerprint density at radius 3 is 3.04 bits per heavy atom. The Kier molecular flexibility index (Phi) is 4.57. The van der Waals surface area contributed by atoms with E-state index in [1.807, 2.05) is 25.1 Å². The van der Waals surface area contributed by atoms with Crippen molar-refractivity contribution in [2.24, 2.45) is 0 Å². The molecule has 2 aromatic rings. The molecule has 2 aliphatic heterocycles. The van der Waals surface area contributed by atoms with Gasteiger partial charge < -0.3 is 19.7 Å². The number of fused-ring (bicyclic) bond motifs is 2. The molecule has 2 amide bonds. The van der Waals surface area contributed by atoms with Gasteiger partial charge in [-0.25, -0.2) is 0 Å². The van der Waals surface area contributed by atoms with Crippen LogP contribution in [0.25, 0.3) is 0 Å². The number of amides is 2. The van der Waals surface area contributed by atoms with Gasteiger partial charge in [0.25, 0.3) is 11.8 Å². The second-order valence-corrected chi connectivity index (χ2v) is 6.78. The maximum atomic E-state index is 12.8. The number of hydrogen-bond donors (Lipinski definition) is 2. The van der Waals surface area contributed by atoms with Crippen LogP contribution in [-0.4, -0.2) is 47.8 Å². The molecule has 0 bridgehead atoms. The molecule has 0 saturated carbocycles. The molecular weight excluding hydrogens is 348 g/mol. The van der Waals surface area contributed by atoms with Crippen LogP contribution in [-0.2, 0) is 22.6 Å².